The number of hydrogen-bond acceptors (Lipinski definition) is 4. The molecule has 1 aromatic rings. The topological polar surface area (TPSA) is 70.2 Å². The van der Waals surface area contributed by atoms with Crippen molar-refractivity contribution >= 4 is 21.6 Å². The normalized spacial score (nSPS) is 27.9. The molecular formula is C14H17ClF3N3O2S. The lowest BCUT2D eigenvalue weighted by atomic mass is 9.82. The lowest BCUT2D eigenvalue weighted by Crippen LogP contribution is -2.48. The Bertz CT molecular complexity index is 726. The smallest absolute Gasteiger partial charge is 0.257 e. The van der Waals surface area contributed by atoms with Gasteiger partial charge in [0.15, 0.2) is 0 Å². The molecule has 0 radical (unpaired) electrons. The van der Waals surface area contributed by atoms with Crippen LogP contribution in [0.1, 0.15) is 24.8 Å². The maximum Gasteiger partial charge on any atom is 0.417 e. The molecule has 1 aromatic carbocycles. The first kappa shape index (κ1) is 17.9. The number of fused-ring (bicyclic) bond motifs is 1. The Morgan fingerprint density at radius 3 is 2.71 bits per heavy atom. The summed E-state index contributed by atoms with van der Waals surface area (Å²) in [6, 6.07) is 2.48. The number of hydrazine groups is 1. The second-order valence-corrected chi connectivity index (χ2v) is 8.21. The Balaban J connectivity index is 1.85. The van der Waals surface area contributed by atoms with Gasteiger partial charge in [-0.3, -0.25) is 10.9 Å². The largest absolute Gasteiger partial charge is 0.417 e. The van der Waals surface area contributed by atoms with E-state index in [0.29, 0.717) is 19.0 Å². The summed E-state index contributed by atoms with van der Waals surface area (Å²) in [5.41, 5.74) is 4.95. The molecule has 1 aliphatic heterocycles. The van der Waals surface area contributed by atoms with Crippen molar-refractivity contribution in [2.24, 2.45) is 5.92 Å². The average molecular weight is 384 g/mol. The van der Waals surface area contributed by atoms with Gasteiger partial charge in [0, 0.05) is 24.5 Å². The van der Waals surface area contributed by atoms with Crippen LogP contribution in [0.25, 0.3) is 0 Å². The molecule has 10 heteroatoms. The van der Waals surface area contributed by atoms with Gasteiger partial charge in [-0.15, -0.1) is 0 Å². The first-order chi connectivity index (χ1) is 11.2. The Labute approximate surface area is 143 Å². The van der Waals surface area contributed by atoms with Crippen LogP contribution in [0.5, 0.6) is 0 Å². The number of benzene rings is 1. The fourth-order valence-corrected chi connectivity index (χ4v) is 4.91. The summed E-state index contributed by atoms with van der Waals surface area (Å²) in [6.45, 7) is 0.617. The number of rotatable bonds is 3. The van der Waals surface area contributed by atoms with Crippen LogP contribution in [-0.4, -0.2) is 27.0 Å². The minimum absolute atomic E-state index is 0.0721. The second-order valence-electron chi connectivity index (χ2n) is 6.09. The highest BCUT2D eigenvalue weighted by molar-refractivity contribution is 7.89. The fourth-order valence-electron chi connectivity index (χ4n) is 3.34. The molecule has 1 saturated carbocycles. The predicted molar refractivity (Wildman–Crippen MR) is 82.8 cm³/mol. The van der Waals surface area contributed by atoms with Crippen molar-refractivity contribution in [3.8, 4) is 0 Å². The monoisotopic (exact) mass is 383 g/mol. The van der Waals surface area contributed by atoms with E-state index in [0.717, 1.165) is 25.0 Å². The third-order valence-electron chi connectivity index (χ3n) is 4.55. The Kier molecular flexibility index (Phi) is 4.82. The Morgan fingerprint density at radius 2 is 2.00 bits per heavy atom. The predicted octanol–water partition coefficient (Wildman–Crippen LogP) is 2.28. The van der Waals surface area contributed by atoms with E-state index in [9.17, 15) is 21.6 Å². The second kappa shape index (κ2) is 6.45. The van der Waals surface area contributed by atoms with Crippen LogP contribution < -0.4 is 15.6 Å². The minimum atomic E-state index is -4.71. The summed E-state index contributed by atoms with van der Waals surface area (Å²) < 4.78 is 66.4. The van der Waals surface area contributed by atoms with Gasteiger partial charge >= 0.3 is 6.18 Å². The summed E-state index contributed by atoms with van der Waals surface area (Å²) >= 11 is 5.54. The van der Waals surface area contributed by atoms with E-state index in [4.69, 9.17) is 11.6 Å². The molecule has 5 nitrogen and oxygen atoms in total. The zero-order valence-corrected chi connectivity index (χ0v) is 14.1. The number of hydrogen-bond donors (Lipinski definition) is 3. The van der Waals surface area contributed by atoms with Crippen LogP contribution in [0.3, 0.4) is 0 Å². The molecule has 0 aromatic heterocycles. The van der Waals surface area contributed by atoms with Crippen molar-refractivity contribution in [2.45, 2.75) is 42.4 Å². The van der Waals surface area contributed by atoms with Gasteiger partial charge in [0.25, 0.3) is 0 Å². The molecular weight excluding hydrogens is 367 g/mol. The van der Waals surface area contributed by atoms with Crippen molar-refractivity contribution in [1.29, 1.82) is 0 Å². The zero-order valence-electron chi connectivity index (χ0n) is 12.5. The Hall–Kier alpha value is -0.870. The molecule has 2 aliphatic rings. The summed E-state index contributed by atoms with van der Waals surface area (Å²) in [6.07, 6.45) is -2.27. The molecule has 0 bridgehead atoms. The number of sulfonamides is 1. The molecule has 2 fully saturated rings. The van der Waals surface area contributed by atoms with Crippen LogP contribution in [0, 0.1) is 5.92 Å². The molecule has 1 heterocycles. The highest BCUT2D eigenvalue weighted by Crippen LogP contribution is 2.36. The molecule has 134 valence electrons. The maximum atomic E-state index is 12.9. The molecule has 3 N–H and O–H groups in total. The average Bonchev–Trinajstić information content (AvgIpc) is 2.95. The minimum Gasteiger partial charge on any atom is -0.257 e. The van der Waals surface area contributed by atoms with Crippen LogP contribution in [0.2, 0.25) is 5.02 Å². The number of halogens is 4. The van der Waals surface area contributed by atoms with Crippen molar-refractivity contribution < 1.29 is 21.6 Å². The lowest BCUT2D eigenvalue weighted by Gasteiger charge is -2.32. The molecule has 3 rings (SSSR count). The molecule has 3 atom stereocenters. The first-order valence-electron chi connectivity index (χ1n) is 7.56. The van der Waals surface area contributed by atoms with E-state index in [1.54, 1.807) is 0 Å². The van der Waals surface area contributed by atoms with E-state index in [1.165, 1.54) is 0 Å². The van der Waals surface area contributed by atoms with Gasteiger partial charge in [-0.1, -0.05) is 18.0 Å². The van der Waals surface area contributed by atoms with Crippen LogP contribution >= 0.6 is 11.6 Å². The number of nitrogens with one attached hydrogen (secondary N) is 3. The summed E-state index contributed by atoms with van der Waals surface area (Å²) in [4.78, 5) is -0.430. The number of alkyl halides is 3. The van der Waals surface area contributed by atoms with Crippen LogP contribution in [-0.2, 0) is 16.2 Å². The van der Waals surface area contributed by atoms with E-state index in [2.05, 4.69) is 15.6 Å². The van der Waals surface area contributed by atoms with E-state index in [1.807, 2.05) is 0 Å². The molecule has 24 heavy (non-hydrogen) atoms. The van der Waals surface area contributed by atoms with E-state index >= 15 is 0 Å². The van der Waals surface area contributed by atoms with Crippen molar-refractivity contribution in [2.75, 3.05) is 6.54 Å². The Morgan fingerprint density at radius 1 is 1.25 bits per heavy atom. The van der Waals surface area contributed by atoms with Crippen molar-refractivity contribution in [3.63, 3.8) is 0 Å². The van der Waals surface area contributed by atoms with Crippen molar-refractivity contribution in [3.05, 3.63) is 28.8 Å². The van der Waals surface area contributed by atoms with Gasteiger partial charge < -0.3 is 0 Å². The first-order valence-corrected chi connectivity index (χ1v) is 9.42. The van der Waals surface area contributed by atoms with Gasteiger partial charge in [-0.25, -0.2) is 13.1 Å². The molecule has 0 spiro atoms. The SMILES string of the molecule is O=S(=O)(NC1CCCC2NNCC21)c1ccc(Cl)c(C(F)(F)F)c1. The highest BCUT2D eigenvalue weighted by atomic mass is 35.5. The van der Waals surface area contributed by atoms with Crippen LogP contribution in [0.4, 0.5) is 13.2 Å². The quantitative estimate of drug-likeness (QED) is 0.749. The molecule has 1 aliphatic carbocycles. The summed E-state index contributed by atoms with van der Waals surface area (Å²) in [7, 11) is -4.06. The van der Waals surface area contributed by atoms with Crippen molar-refractivity contribution in [1.82, 2.24) is 15.6 Å². The van der Waals surface area contributed by atoms with Gasteiger partial charge in [-0.05, 0) is 31.0 Å². The van der Waals surface area contributed by atoms with Gasteiger partial charge in [-0.2, -0.15) is 13.2 Å². The molecule has 1 saturated heterocycles. The van der Waals surface area contributed by atoms with Gasteiger partial charge in [0.2, 0.25) is 10.0 Å². The third-order valence-corrected chi connectivity index (χ3v) is 6.37. The summed E-state index contributed by atoms with van der Waals surface area (Å²) in [5.74, 6) is 0.0721. The molecule has 0 amide bonds. The fraction of sp³-hybridized carbons (Fsp3) is 0.571. The van der Waals surface area contributed by atoms with Crippen LogP contribution in [0.15, 0.2) is 23.1 Å². The molecule has 3 unspecified atom stereocenters. The standard InChI is InChI=1S/C14H17ClF3N3O2S/c15-11-5-4-8(6-10(11)14(16,17)18)24(22,23)21-13-3-1-2-12-9(13)7-19-20-12/h4-6,9,12-13,19-21H,1-3,7H2. The van der Waals surface area contributed by atoms with E-state index < -0.39 is 31.7 Å². The van der Waals surface area contributed by atoms with Gasteiger partial charge in [0.05, 0.1) is 15.5 Å². The lowest BCUT2D eigenvalue weighted by molar-refractivity contribution is -0.137. The summed E-state index contributed by atoms with van der Waals surface area (Å²) in [5, 5.41) is -0.525. The van der Waals surface area contributed by atoms with Gasteiger partial charge in [0.1, 0.15) is 0 Å². The maximum absolute atomic E-state index is 12.9. The zero-order chi connectivity index (χ0) is 17.5. The van der Waals surface area contributed by atoms with E-state index in [-0.39, 0.29) is 18.0 Å². The highest BCUT2D eigenvalue weighted by Gasteiger charge is 2.39. The third kappa shape index (κ3) is 3.55.